The molecule has 2 amide bonds. The van der Waals surface area contributed by atoms with E-state index < -0.39 is 11.9 Å². The van der Waals surface area contributed by atoms with Crippen LogP contribution in [-0.2, 0) is 16.2 Å². The molecule has 148 valence electrons. The minimum atomic E-state index is -0.997. The van der Waals surface area contributed by atoms with Crippen LogP contribution in [0.5, 0.6) is 5.75 Å². The van der Waals surface area contributed by atoms with Crippen molar-refractivity contribution in [3.05, 3.63) is 69.1 Å². The molecule has 1 aliphatic rings. The molecule has 2 aromatic rings. The summed E-state index contributed by atoms with van der Waals surface area (Å²) in [6.45, 7) is 1.54. The van der Waals surface area contributed by atoms with E-state index in [0.717, 1.165) is 17.3 Å². The lowest BCUT2D eigenvalue weighted by Crippen LogP contribution is -2.23. The second-order valence-corrected chi connectivity index (χ2v) is 7.45. The van der Waals surface area contributed by atoms with Crippen LogP contribution in [0.1, 0.15) is 28.4 Å². The van der Waals surface area contributed by atoms with Crippen molar-refractivity contribution in [1.82, 2.24) is 5.32 Å². The number of aromatic carboxylic acids is 1. The van der Waals surface area contributed by atoms with Crippen molar-refractivity contribution in [2.75, 3.05) is 0 Å². The number of carbonyl (C=O) groups excluding carboxylic acids is 2. The number of rotatable bonds is 5. The highest BCUT2D eigenvalue weighted by molar-refractivity contribution is 8.18. The molecule has 0 fully saturated rings. The van der Waals surface area contributed by atoms with Crippen LogP contribution in [0, 0.1) is 0 Å². The number of halogens is 1. The zero-order valence-corrected chi connectivity index (χ0v) is 16.7. The van der Waals surface area contributed by atoms with Gasteiger partial charge in [-0.2, -0.15) is 4.99 Å². The van der Waals surface area contributed by atoms with Crippen LogP contribution in [0.4, 0.5) is 0 Å². The van der Waals surface area contributed by atoms with E-state index in [-0.39, 0.29) is 23.2 Å². The Kier molecular flexibility index (Phi) is 6.36. The molecule has 0 saturated carbocycles. The Balaban J connectivity index is 1.77. The van der Waals surface area contributed by atoms with Gasteiger partial charge in [-0.15, -0.1) is 0 Å². The SMILES string of the molecule is CC(=O)NC1=NC(=O)C(=Cc2cc(Cl)ccc2OCc2ccc(C(=O)O)cc2)S1. The predicted molar refractivity (Wildman–Crippen MR) is 111 cm³/mol. The minimum Gasteiger partial charge on any atom is -0.488 e. The van der Waals surface area contributed by atoms with Crippen molar-refractivity contribution in [2.24, 2.45) is 4.99 Å². The molecule has 1 heterocycles. The summed E-state index contributed by atoms with van der Waals surface area (Å²) in [5.74, 6) is -1.28. The fourth-order valence-electron chi connectivity index (χ4n) is 2.42. The number of carboxylic acid groups (broad SMARTS) is 1. The van der Waals surface area contributed by atoms with Crippen molar-refractivity contribution in [2.45, 2.75) is 13.5 Å². The van der Waals surface area contributed by atoms with Crippen molar-refractivity contribution in [3.8, 4) is 5.75 Å². The van der Waals surface area contributed by atoms with Gasteiger partial charge in [0.2, 0.25) is 5.91 Å². The second-order valence-electron chi connectivity index (χ2n) is 5.99. The lowest BCUT2D eigenvalue weighted by Gasteiger charge is -2.10. The standard InChI is InChI=1S/C20H15ClN2O5S/c1-11(24)22-20-23-18(25)17(29-20)9-14-8-15(21)6-7-16(14)28-10-12-2-4-13(5-3-12)19(26)27/h2-9H,10H2,1H3,(H,26,27)(H,22,23,24,25). The maximum Gasteiger partial charge on any atom is 0.335 e. The quantitative estimate of drug-likeness (QED) is 0.700. The molecular formula is C20H15ClN2O5S. The Morgan fingerprint density at radius 3 is 2.62 bits per heavy atom. The maximum absolute atomic E-state index is 12.1. The number of benzene rings is 2. The van der Waals surface area contributed by atoms with Crippen LogP contribution in [0.3, 0.4) is 0 Å². The Morgan fingerprint density at radius 1 is 1.24 bits per heavy atom. The molecule has 0 atom stereocenters. The summed E-state index contributed by atoms with van der Waals surface area (Å²) in [6.07, 6.45) is 1.60. The smallest absolute Gasteiger partial charge is 0.335 e. The summed E-state index contributed by atoms with van der Waals surface area (Å²) in [5, 5.41) is 12.1. The van der Waals surface area contributed by atoms with E-state index >= 15 is 0 Å². The molecule has 3 rings (SSSR count). The molecule has 0 spiro atoms. The van der Waals surface area contributed by atoms with Gasteiger partial charge in [-0.3, -0.25) is 9.59 Å². The molecule has 1 aliphatic heterocycles. The van der Waals surface area contributed by atoms with E-state index in [1.54, 1.807) is 36.4 Å². The Labute approximate surface area is 175 Å². The number of carboxylic acids is 1. The predicted octanol–water partition coefficient (Wildman–Crippen LogP) is 3.72. The number of ether oxygens (including phenoxy) is 1. The Bertz CT molecular complexity index is 1050. The van der Waals surface area contributed by atoms with E-state index in [4.69, 9.17) is 21.4 Å². The summed E-state index contributed by atoms with van der Waals surface area (Å²) in [5.41, 5.74) is 1.55. The van der Waals surface area contributed by atoms with E-state index in [1.165, 1.54) is 19.1 Å². The zero-order chi connectivity index (χ0) is 21.0. The third-order valence-corrected chi connectivity index (χ3v) is 4.89. The number of thioether (sulfide) groups is 1. The number of carbonyl (C=O) groups is 3. The Morgan fingerprint density at radius 2 is 1.97 bits per heavy atom. The zero-order valence-electron chi connectivity index (χ0n) is 15.1. The van der Waals surface area contributed by atoms with Crippen molar-refractivity contribution >= 4 is 52.4 Å². The first-order valence-corrected chi connectivity index (χ1v) is 9.56. The van der Waals surface area contributed by atoms with Crippen molar-refractivity contribution < 1.29 is 24.2 Å². The molecule has 2 N–H and O–H groups in total. The van der Waals surface area contributed by atoms with Crippen LogP contribution >= 0.6 is 23.4 Å². The van der Waals surface area contributed by atoms with Gasteiger partial charge >= 0.3 is 5.97 Å². The van der Waals surface area contributed by atoms with Gasteiger partial charge in [-0.05, 0) is 53.7 Å². The van der Waals surface area contributed by atoms with E-state index in [2.05, 4.69) is 10.3 Å². The number of nitrogens with zero attached hydrogens (tertiary/aromatic N) is 1. The fourth-order valence-corrected chi connectivity index (χ4v) is 3.45. The van der Waals surface area contributed by atoms with Crippen molar-refractivity contribution in [1.29, 1.82) is 0 Å². The van der Waals surface area contributed by atoms with E-state index in [0.29, 0.717) is 21.2 Å². The van der Waals surface area contributed by atoms with Gasteiger partial charge in [0.1, 0.15) is 12.4 Å². The van der Waals surface area contributed by atoms with Gasteiger partial charge in [0.15, 0.2) is 5.17 Å². The molecule has 0 unspecified atom stereocenters. The number of aliphatic imine (C=N–C) groups is 1. The lowest BCUT2D eigenvalue weighted by atomic mass is 10.1. The van der Waals surface area contributed by atoms with Crippen LogP contribution in [0.25, 0.3) is 6.08 Å². The largest absolute Gasteiger partial charge is 0.488 e. The van der Waals surface area contributed by atoms with Crippen LogP contribution in [0.15, 0.2) is 52.4 Å². The molecule has 7 nitrogen and oxygen atoms in total. The molecule has 29 heavy (non-hydrogen) atoms. The van der Waals surface area contributed by atoms with Gasteiger partial charge in [-0.1, -0.05) is 23.7 Å². The first-order valence-electron chi connectivity index (χ1n) is 8.36. The second kappa shape index (κ2) is 8.93. The number of amides is 2. The third-order valence-electron chi connectivity index (χ3n) is 3.76. The fraction of sp³-hybridized carbons (Fsp3) is 0.100. The number of hydrogen-bond acceptors (Lipinski definition) is 5. The summed E-state index contributed by atoms with van der Waals surface area (Å²) < 4.78 is 5.84. The van der Waals surface area contributed by atoms with Crippen molar-refractivity contribution in [3.63, 3.8) is 0 Å². The highest BCUT2D eigenvalue weighted by Crippen LogP contribution is 2.32. The van der Waals surface area contributed by atoms with Gasteiger partial charge < -0.3 is 15.2 Å². The number of amidine groups is 1. The van der Waals surface area contributed by atoms with Gasteiger partial charge in [0.25, 0.3) is 5.91 Å². The Hall–Kier alpha value is -3.10. The average molecular weight is 431 g/mol. The summed E-state index contributed by atoms with van der Waals surface area (Å²) in [7, 11) is 0. The molecule has 0 aliphatic carbocycles. The summed E-state index contributed by atoms with van der Waals surface area (Å²) in [4.78, 5) is 38.3. The molecule has 0 radical (unpaired) electrons. The monoisotopic (exact) mass is 430 g/mol. The lowest BCUT2D eigenvalue weighted by molar-refractivity contribution is -0.117. The normalized spacial score (nSPS) is 14.6. The molecule has 0 aromatic heterocycles. The molecule has 0 bridgehead atoms. The molecule has 9 heteroatoms. The van der Waals surface area contributed by atoms with Crippen LogP contribution in [-0.4, -0.2) is 28.1 Å². The third kappa shape index (κ3) is 5.46. The molecule has 2 aromatic carbocycles. The summed E-state index contributed by atoms with van der Waals surface area (Å²) in [6, 6.07) is 11.3. The topological polar surface area (TPSA) is 105 Å². The number of nitrogens with one attached hydrogen (secondary N) is 1. The highest BCUT2D eigenvalue weighted by atomic mass is 35.5. The number of hydrogen-bond donors (Lipinski definition) is 2. The maximum atomic E-state index is 12.1. The van der Waals surface area contributed by atoms with Gasteiger partial charge in [0, 0.05) is 17.5 Å². The minimum absolute atomic E-state index is 0.192. The molecular weight excluding hydrogens is 416 g/mol. The van der Waals surface area contributed by atoms with Crippen LogP contribution in [0.2, 0.25) is 5.02 Å². The molecule has 0 saturated heterocycles. The van der Waals surface area contributed by atoms with Gasteiger partial charge in [0.05, 0.1) is 10.5 Å². The van der Waals surface area contributed by atoms with Crippen LogP contribution < -0.4 is 10.1 Å². The van der Waals surface area contributed by atoms with E-state index in [1.807, 2.05) is 0 Å². The first-order chi connectivity index (χ1) is 13.8. The first kappa shape index (κ1) is 20.6. The average Bonchev–Trinajstić information content (AvgIpc) is 2.99. The van der Waals surface area contributed by atoms with Gasteiger partial charge in [-0.25, -0.2) is 4.79 Å². The highest BCUT2D eigenvalue weighted by Gasteiger charge is 2.23. The van der Waals surface area contributed by atoms with E-state index in [9.17, 15) is 14.4 Å². The summed E-state index contributed by atoms with van der Waals surface area (Å²) >= 11 is 7.13.